The monoisotopic (exact) mass is 261 g/mol. The zero-order valence-electron chi connectivity index (χ0n) is 12.1. The number of carbonyl (C=O) groups excluding carboxylic acids is 1. The van der Waals surface area contributed by atoms with E-state index in [1.807, 2.05) is 19.9 Å². The predicted octanol–water partition coefficient (Wildman–Crippen LogP) is 2.54. The van der Waals surface area contributed by atoms with Crippen LogP contribution in [0.3, 0.4) is 0 Å². The van der Waals surface area contributed by atoms with Crippen LogP contribution in [0.25, 0.3) is 0 Å². The van der Waals surface area contributed by atoms with Gasteiger partial charge >= 0.3 is 0 Å². The largest absolute Gasteiger partial charge is 0.349 e. The molecule has 1 aromatic rings. The van der Waals surface area contributed by atoms with E-state index in [1.54, 1.807) is 0 Å². The maximum Gasteiger partial charge on any atom is 0.223 e. The number of rotatable bonds is 6. The summed E-state index contributed by atoms with van der Waals surface area (Å²) in [6.45, 7) is 6.52. The van der Waals surface area contributed by atoms with Gasteiger partial charge in [0.1, 0.15) is 5.82 Å². The van der Waals surface area contributed by atoms with Gasteiger partial charge in [-0.1, -0.05) is 19.8 Å². The summed E-state index contributed by atoms with van der Waals surface area (Å²) in [7, 11) is 0. The summed E-state index contributed by atoms with van der Waals surface area (Å²) < 4.78 is 0. The van der Waals surface area contributed by atoms with Crippen LogP contribution in [-0.4, -0.2) is 15.9 Å². The van der Waals surface area contributed by atoms with Gasteiger partial charge in [-0.25, -0.2) is 9.97 Å². The quantitative estimate of drug-likeness (QED) is 0.856. The Morgan fingerprint density at radius 3 is 2.68 bits per heavy atom. The van der Waals surface area contributed by atoms with Gasteiger partial charge in [-0.05, 0) is 38.7 Å². The molecule has 1 amide bonds. The molecular weight excluding hydrogens is 238 g/mol. The lowest BCUT2D eigenvalue weighted by Crippen LogP contribution is -2.26. The molecule has 0 radical (unpaired) electrons. The Morgan fingerprint density at radius 2 is 2.05 bits per heavy atom. The van der Waals surface area contributed by atoms with Gasteiger partial charge in [0.15, 0.2) is 0 Å². The molecule has 1 N–H and O–H groups in total. The minimum absolute atomic E-state index is 0.170. The van der Waals surface area contributed by atoms with Gasteiger partial charge in [-0.3, -0.25) is 4.79 Å². The van der Waals surface area contributed by atoms with E-state index >= 15 is 0 Å². The van der Waals surface area contributed by atoms with E-state index < -0.39 is 0 Å². The Morgan fingerprint density at radius 1 is 1.37 bits per heavy atom. The first kappa shape index (κ1) is 14.0. The van der Waals surface area contributed by atoms with Crippen molar-refractivity contribution in [3.8, 4) is 0 Å². The molecule has 1 aliphatic rings. The number of nitrogens with zero attached hydrogens (tertiary/aromatic N) is 2. The van der Waals surface area contributed by atoms with Crippen molar-refractivity contribution in [2.24, 2.45) is 11.8 Å². The lowest BCUT2D eigenvalue weighted by Gasteiger charge is -2.05. The number of aromatic nitrogens is 2. The highest BCUT2D eigenvalue weighted by atomic mass is 16.2. The van der Waals surface area contributed by atoms with Crippen molar-refractivity contribution < 1.29 is 4.79 Å². The lowest BCUT2D eigenvalue weighted by atomic mass is 10.1. The summed E-state index contributed by atoms with van der Waals surface area (Å²) in [4.78, 5) is 20.6. The van der Waals surface area contributed by atoms with Crippen LogP contribution in [-0.2, 0) is 11.3 Å². The Kier molecular flexibility index (Phi) is 4.51. The first-order valence-corrected chi connectivity index (χ1v) is 7.19. The third-order valence-electron chi connectivity index (χ3n) is 3.64. The minimum Gasteiger partial charge on any atom is -0.349 e. The fraction of sp³-hybridized carbons (Fsp3) is 0.667. The van der Waals surface area contributed by atoms with Crippen LogP contribution in [0.15, 0.2) is 6.07 Å². The molecule has 2 rings (SSSR count). The van der Waals surface area contributed by atoms with Crippen LogP contribution in [0.4, 0.5) is 0 Å². The lowest BCUT2D eigenvalue weighted by molar-refractivity contribution is -0.122. The highest BCUT2D eigenvalue weighted by Gasteiger charge is 2.41. The zero-order valence-corrected chi connectivity index (χ0v) is 12.1. The summed E-state index contributed by atoms with van der Waals surface area (Å²) in [5.74, 6) is 1.72. The number of nitrogens with one attached hydrogen (secondary N) is 1. The fourth-order valence-electron chi connectivity index (χ4n) is 2.53. The van der Waals surface area contributed by atoms with Crippen molar-refractivity contribution in [2.75, 3.05) is 0 Å². The van der Waals surface area contributed by atoms with Crippen molar-refractivity contribution in [3.63, 3.8) is 0 Å². The second-order valence-corrected chi connectivity index (χ2v) is 5.53. The zero-order chi connectivity index (χ0) is 13.8. The van der Waals surface area contributed by atoms with Crippen LogP contribution in [0.2, 0.25) is 0 Å². The summed E-state index contributed by atoms with van der Waals surface area (Å²) in [6, 6.07) is 1.94. The summed E-state index contributed by atoms with van der Waals surface area (Å²) >= 11 is 0. The predicted molar refractivity (Wildman–Crippen MR) is 74.5 cm³/mol. The molecule has 1 aliphatic carbocycles. The van der Waals surface area contributed by atoms with Crippen molar-refractivity contribution in [3.05, 3.63) is 23.3 Å². The number of aryl methyl sites for hydroxylation is 2. The van der Waals surface area contributed by atoms with Gasteiger partial charge in [-0.15, -0.1) is 0 Å². The molecule has 4 nitrogen and oxygen atoms in total. The van der Waals surface area contributed by atoms with Gasteiger partial charge in [0.25, 0.3) is 0 Å². The Bertz CT molecular complexity index is 438. The average Bonchev–Trinajstić information content (AvgIpc) is 3.12. The molecule has 2 unspecified atom stereocenters. The van der Waals surface area contributed by atoms with Crippen LogP contribution < -0.4 is 5.32 Å². The molecule has 19 heavy (non-hydrogen) atoms. The van der Waals surface area contributed by atoms with Gasteiger partial charge in [-0.2, -0.15) is 0 Å². The van der Waals surface area contributed by atoms with E-state index in [2.05, 4.69) is 22.2 Å². The number of hydrogen-bond acceptors (Lipinski definition) is 3. The van der Waals surface area contributed by atoms with Crippen molar-refractivity contribution >= 4 is 5.91 Å². The van der Waals surface area contributed by atoms with Gasteiger partial charge < -0.3 is 5.32 Å². The second-order valence-electron chi connectivity index (χ2n) is 5.53. The third-order valence-corrected chi connectivity index (χ3v) is 3.64. The molecule has 0 spiro atoms. The van der Waals surface area contributed by atoms with E-state index in [9.17, 15) is 4.79 Å². The molecule has 4 heteroatoms. The number of hydrogen-bond donors (Lipinski definition) is 1. The normalized spacial score (nSPS) is 21.2. The fourth-order valence-corrected chi connectivity index (χ4v) is 2.53. The van der Waals surface area contributed by atoms with Crippen molar-refractivity contribution in [1.82, 2.24) is 15.3 Å². The molecule has 1 heterocycles. The van der Waals surface area contributed by atoms with Crippen molar-refractivity contribution in [2.45, 2.75) is 53.0 Å². The van der Waals surface area contributed by atoms with Gasteiger partial charge in [0, 0.05) is 17.3 Å². The molecule has 0 aliphatic heterocycles. The topological polar surface area (TPSA) is 54.9 Å². The maximum atomic E-state index is 12.0. The molecule has 1 aromatic heterocycles. The van der Waals surface area contributed by atoms with Crippen LogP contribution in [0.5, 0.6) is 0 Å². The van der Waals surface area contributed by atoms with Gasteiger partial charge in [0.2, 0.25) is 5.91 Å². The average molecular weight is 261 g/mol. The molecule has 0 aromatic carbocycles. The molecule has 1 saturated carbocycles. The van der Waals surface area contributed by atoms with E-state index in [4.69, 9.17) is 0 Å². The van der Waals surface area contributed by atoms with Crippen LogP contribution in [0, 0.1) is 25.7 Å². The highest BCUT2D eigenvalue weighted by molar-refractivity contribution is 5.81. The first-order chi connectivity index (χ1) is 9.10. The third kappa shape index (κ3) is 4.01. The number of carbonyl (C=O) groups is 1. The SMILES string of the molecule is CCCCC1CC1C(=O)NCc1nc(C)cc(C)n1. The number of amides is 1. The smallest absolute Gasteiger partial charge is 0.223 e. The van der Waals surface area contributed by atoms with E-state index in [1.165, 1.54) is 19.3 Å². The molecule has 0 bridgehead atoms. The molecule has 104 valence electrons. The van der Waals surface area contributed by atoms with Crippen LogP contribution >= 0.6 is 0 Å². The standard InChI is InChI=1S/C15H23N3O/c1-4-5-6-12-8-13(12)15(19)16-9-14-17-10(2)7-11(3)18-14/h7,12-13H,4-6,8-9H2,1-3H3,(H,16,19). The summed E-state index contributed by atoms with van der Waals surface area (Å²) in [5, 5.41) is 2.96. The first-order valence-electron chi connectivity index (χ1n) is 7.19. The Balaban J connectivity index is 1.78. The second kappa shape index (κ2) is 6.13. The molecule has 2 atom stereocenters. The van der Waals surface area contributed by atoms with Crippen LogP contribution in [0.1, 0.15) is 49.8 Å². The minimum atomic E-state index is 0.170. The van der Waals surface area contributed by atoms with E-state index in [0.717, 1.165) is 17.8 Å². The summed E-state index contributed by atoms with van der Waals surface area (Å²) in [6.07, 6.45) is 4.68. The van der Waals surface area contributed by atoms with Crippen molar-refractivity contribution in [1.29, 1.82) is 0 Å². The van der Waals surface area contributed by atoms with Gasteiger partial charge in [0.05, 0.1) is 6.54 Å². The highest BCUT2D eigenvalue weighted by Crippen LogP contribution is 2.42. The summed E-state index contributed by atoms with van der Waals surface area (Å²) in [5.41, 5.74) is 1.90. The van der Waals surface area contributed by atoms with E-state index in [0.29, 0.717) is 18.3 Å². The Labute approximate surface area is 115 Å². The molecular formula is C15H23N3O. The molecule has 1 fully saturated rings. The number of unbranched alkanes of at least 4 members (excludes halogenated alkanes) is 1. The van der Waals surface area contributed by atoms with E-state index in [-0.39, 0.29) is 11.8 Å². The molecule has 0 saturated heterocycles. The Hall–Kier alpha value is -1.45. The maximum absolute atomic E-state index is 12.0.